The summed E-state index contributed by atoms with van der Waals surface area (Å²) in [5.74, 6) is -0.242. The molecule has 0 bridgehead atoms. The van der Waals surface area contributed by atoms with Gasteiger partial charge < -0.3 is 10.2 Å². The van der Waals surface area contributed by atoms with E-state index in [9.17, 15) is 9.18 Å². The largest absolute Gasteiger partial charge is 0.338 e. The quantitative estimate of drug-likeness (QED) is 0.706. The summed E-state index contributed by atoms with van der Waals surface area (Å²) >= 11 is 6.65. The number of benzene rings is 1. The average Bonchev–Trinajstić information content (AvgIpc) is 2.40. The fourth-order valence-corrected chi connectivity index (χ4v) is 2.45. The minimum Gasteiger partial charge on any atom is -0.338 e. The van der Waals surface area contributed by atoms with Crippen LogP contribution in [0.1, 0.15) is 5.56 Å². The second-order valence-electron chi connectivity index (χ2n) is 3.97. The van der Waals surface area contributed by atoms with Gasteiger partial charge in [0.25, 0.3) is 0 Å². The van der Waals surface area contributed by atoms with Crippen LogP contribution in [0.4, 0.5) is 9.18 Å². The molecule has 0 aliphatic heterocycles. The Hall–Kier alpha value is -0.620. The second kappa shape index (κ2) is 9.31. The van der Waals surface area contributed by atoms with E-state index < -0.39 is 0 Å². The van der Waals surface area contributed by atoms with E-state index in [1.54, 1.807) is 17.0 Å². The van der Waals surface area contributed by atoms with E-state index in [-0.39, 0.29) is 11.8 Å². The maximum absolute atomic E-state index is 12.7. The molecule has 0 aliphatic carbocycles. The highest BCUT2D eigenvalue weighted by atomic mass is 79.9. The van der Waals surface area contributed by atoms with E-state index >= 15 is 0 Å². The fraction of sp³-hybridized carbons (Fsp3) is 0.462. The summed E-state index contributed by atoms with van der Waals surface area (Å²) in [4.78, 5) is 13.6. The van der Waals surface area contributed by atoms with Crippen molar-refractivity contribution in [2.75, 3.05) is 30.3 Å². The Morgan fingerprint density at radius 3 is 2.26 bits per heavy atom. The molecule has 1 aromatic carbocycles. The van der Waals surface area contributed by atoms with Crippen molar-refractivity contribution >= 4 is 37.9 Å². The first-order valence-corrected chi connectivity index (χ1v) is 8.31. The molecule has 1 N–H and O–H groups in total. The van der Waals surface area contributed by atoms with Gasteiger partial charge in [0.05, 0.1) is 0 Å². The maximum Gasteiger partial charge on any atom is 0.317 e. The average molecular weight is 396 g/mol. The molecule has 0 saturated heterocycles. The normalized spacial score (nSPS) is 10.3. The molecule has 106 valence electrons. The molecule has 0 unspecified atom stereocenters. The summed E-state index contributed by atoms with van der Waals surface area (Å²) in [5, 5.41) is 4.38. The van der Waals surface area contributed by atoms with Crippen LogP contribution in [0.25, 0.3) is 0 Å². The summed E-state index contributed by atoms with van der Waals surface area (Å²) in [7, 11) is 0. The van der Waals surface area contributed by atoms with Gasteiger partial charge in [0.2, 0.25) is 0 Å². The Kier molecular flexibility index (Phi) is 8.05. The molecule has 0 spiro atoms. The van der Waals surface area contributed by atoms with Gasteiger partial charge in [-0.3, -0.25) is 0 Å². The number of hydrogen-bond acceptors (Lipinski definition) is 1. The third-order valence-electron chi connectivity index (χ3n) is 2.60. The smallest absolute Gasteiger partial charge is 0.317 e. The van der Waals surface area contributed by atoms with Gasteiger partial charge in [-0.1, -0.05) is 44.0 Å². The van der Waals surface area contributed by atoms with E-state index in [1.165, 1.54) is 12.1 Å². The molecule has 19 heavy (non-hydrogen) atoms. The van der Waals surface area contributed by atoms with E-state index in [0.29, 0.717) is 26.1 Å². The van der Waals surface area contributed by atoms with Gasteiger partial charge in [0.15, 0.2) is 0 Å². The van der Waals surface area contributed by atoms with Crippen molar-refractivity contribution in [2.45, 2.75) is 6.42 Å². The van der Waals surface area contributed by atoms with Crippen molar-refractivity contribution < 1.29 is 9.18 Å². The molecule has 0 atom stereocenters. The number of nitrogens with one attached hydrogen (secondary N) is 1. The maximum atomic E-state index is 12.7. The SMILES string of the molecule is O=C(NCCc1ccc(F)cc1)N(CCBr)CCBr. The standard InChI is InChI=1S/C13H17Br2FN2O/c14-6-9-18(10-7-15)13(19)17-8-5-11-1-3-12(16)4-2-11/h1-4H,5-10H2,(H,17,19). The monoisotopic (exact) mass is 394 g/mol. The Labute approximate surface area is 129 Å². The number of carbonyl (C=O) groups excluding carboxylic acids is 1. The molecule has 6 heteroatoms. The first kappa shape index (κ1) is 16.4. The number of urea groups is 1. The number of halogens is 3. The second-order valence-corrected chi connectivity index (χ2v) is 5.56. The van der Waals surface area contributed by atoms with Crippen molar-refractivity contribution in [3.8, 4) is 0 Å². The number of nitrogens with zero attached hydrogens (tertiary/aromatic N) is 1. The molecule has 3 nitrogen and oxygen atoms in total. The van der Waals surface area contributed by atoms with Crippen molar-refractivity contribution in [3.63, 3.8) is 0 Å². The highest BCUT2D eigenvalue weighted by molar-refractivity contribution is 9.09. The van der Waals surface area contributed by atoms with E-state index in [4.69, 9.17) is 0 Å². The lowest BCUT2D eigenvalue weighted by atomic mass is 10.1. The van der Waals surface area contributed by atoms with Crippen LogP contribution in [-0.4, -0.2) is 41.2 Å². The molecule has 0 radical (unpaired) electrons. The summed E-state index contributed by atoms with van der Waals surface area (Å²) in [5.41, 5.74) is 1.01. The topological polar surface area (TPSA) is 32.3 Å². The first-order valence-electron chi connectivity index (χ1n) is 6.06. The molecule has 0 heterocycles. The van der Waals surface area contributed by atoms with Crippen molar-refractivity contribution in [2.24, 2.45) is 0 Å². The summed E-state index contributed by atoms with van der Waals surface area (Å²) in [6, 6.07) is 6.26. The molecule has 0 aromatic heterocycles. The lowest BCUT2D eigenvalue weighted by molar-refractivity contribution is 0.204. The van der Waals surface area contributed by atoms with Gasteiger partial charge in [0, 0.05) is 30.3 Å². The highest BCUT2D eigenvalue weighted by Gasteiger charge is 2.10. The lowest BCUT2D eigenvalue weighted by Gasteiger charge is -2.21. The predicted octanol–water partition coefficient (Wildman–Crippen LogP) is 3.17. The van der Waals surface area contributed by atoms with Gasteiger partial charge in [-0.25, -0.2) is 9.18 Å². The Morgan fingerprint density at radius 2 is 1.74 bits per heavy atom. The Morgan fingerprint density at radius 1 is 1.16 bits per heavy atom. The third-order valence-corrected chi connectivity index (χ3v) is 3.31. The molecule has 0 fully saturated rings. The lowest BCUT2D eigenvalue weighted by Crippen LogP contribution is -2.42. The van der Waals surface area contributed by atoms with Crippen LogP contribution < -0.4 is 5.32 Å². The predicted molar refractivity (Wildman–Crippen MR) is 82.7 cm³/mol. The van der Waals surface area contributed by atoms with Crippen molar-refractivity contribution in [1.82, 2.24) is 10.2 Å². The number of hydrogen-bond donors (Lipinski definition) is 1. The first-order chi connectivity index (χ1) is 9.17. The van der Waals surface area contributed by atoms with Crippen LogP contribution in [0.2, 0.25) is 0 Å². The molecular formula is C13H17Br2FN2O. The van der Waals surface area contributed by atoms with Crippen molar-refractivity contribution in [3.05, 3.63) is 35.6 Å². The van der Waals surface area contributed by atoms with Crippen LogP contribution in [0.5, 0.6) is 0 Å². The van der Waals surface area contributed by atoms with Gasteiger partial charge in [-0.2, -0.15) is 0 Å². The minimum atomic E-state index is -0.242. The number of rotatable bonds is 7. The summed E-state index contributed by atoms with van der Waals surface area (Å²) in [6.07, 6.45) is 0.697. The molecule has 1 rings (SSSR count). The minimum absolute atomic E-state index is 0.0685. The van der Waals surface area contributed by atoms with Crippen LogP contribution >= 0.6 is 31.9 Å². The van der Waals surface area contributed by atoms with Gasteiger partial charge in [-0.05, 0) is 24.1 Å². The van der Waals surface area contributed by atoms with Crippen LogP contribution in [0, 0.1) is 5.82 Å². The zero-order chi connectivity index (χ0) is 14.1. The van der Waals surface area contributed by atoms with Gasteiger partial charge >= 0.3 is 6.03 Å². The summed E-state index contributed by atoms with van der Waals surface area (Å²) in [6.45, 7) is 1.90. The van der Waals surface area contributed by atoms with Gasteiger partial charge in [0.1, 0.15) is 5.82 Å². The number of amides is 2. The summed E-state index contributed by atoms with van der Waals surface area (Å²) < 4.78 is 12.7. The zero-order valence-electron chi connectivity index (χ0n) is 10.5. The molecular weight excluding hydrogens is 379 g/mol. The van der Waals surface area contributed by atoms with Crippen LogP contribution in [0.15, 0.2) is 24.3 Å². The molecule has 0 saturated carbocycles. The molecule has 2 amide bonds. The zero-order valence-corrected chi connectivity index (χ0v) is 13.7. The van der Waals surface area contributed by atoms with Gasteiger partial charge in [-0.15, -0.1) is 0 Å². The van der Waals surface area contributed by atoms with Crippen LogP contribution in [0.3, 0.4) is 0 Å². The van der Waals surface area contributed by atoms with E-state index in [1.807, 2.05) is 0 Å². The fourth-order valence-electron chi connectivity index (χ4n) is 1.60. The van der Waals surface area contributed by atoms with Crippen molar-refractivity contribution in [1.29, 1.82) is 0 Å². The number of alkyl halides is 2. The third kappa shape index (κ3) is 6.38. The number of carbonyl (C=O) groups is 1. The van der Waals surface area contributed by atoms with Crippen LogP contribution in [-0.2, 0) is 6.42 Å². The highest BCUT2D eigenvalue weighted by Crippen LogP contribution is 2.03. The Balaban J connectivity index is 2.34. The van der Waals surface area contributed by atoms with E-state index in [0.717, 1.165) is 16.2 Å². The molecule has 0 aliphatic rings. The Bertz CT molecular complexity index is 381. The van der Waals surface area contributed by atoms with E-state index in [2.05, 4.69) is 37.2 Å². The molecule has 1 aromatic rings.